The van der Waals surface area contributed by atoms with E-state index in [1.165, 1.54) is 0 Å². The number of benzene rings is 2. The van der Waals surface area contributed by atoms with Crippen LogP contribution >= 0.6 is 11.8 Å². The molecule has 0 spiro atoms. The molecule has 5 nitrogen and oxygen atoms in total. The van der Waals surface area contributed by atoms with E-state index in [0.29, 0.717) is 13.0 Å². The Hall–Kier alpha value is -1.83. The van der Waals surface area contributed by atoms with E-state index in [0.717, 1.165) is 29.0 Å². The Morgan fingerprint density at radius 2 is 1.77 bits per heavy atom. The molecule has 3 rings (SSSR count). The van der Waals surface area contributed by atoms with Crippen molar-refractivity contribution in [1.82, 2.24) is 9.62 Å². The highest BCUT2D eigenvalue weighted by Gasteiger charge is 2.21. The van der Waals surface area contributed by atoms with E-state index in [9.17, 15) is 13.2 Å². The Kier molecular flexibility index (Phi) is 6.01. The number of nitrogens with one attached hydrogen (secondary N) is 1. The van der Waals surface area contributed by atoms with Gasteiger partial charge in [-0.1, -0.05) is 24.3 Å². The molecule has 1 N–H and O–H groups in total. The second-order valence-corrected chi connectivity index (χ2v) is 8.83. The molecule has 2 aromatic carbocycles. The van der Waals surface area contributed by atoms with Gasteiger partial charge in [-0.15, -0.1) is 11.8 Å². The van der Waals surface area contributed by atoms with Gasteiger partial charge in [0, 0.05) is 31.0 Å². The molecule has 7 heteroatoms. The van der Waals surface area contributed by atoms with Crippen LogP contribution in [-0.4, -0.2) is 32.0 Å². The Balaban J connectivity index is 1.71. The van der Waals surface area contributed by atoms with Crippen LogP contribution in [0, 0.1) is 0 Å². The quantitative estimate of drug-likeness (QED) is 0.738. The Labute approximate surface area is 158 Å². The molecule has 0 saturated carbocycles. The predicted molar refractivity (Wildman–Crippen MR) is 103 cm³/mol. The lowest BCUT2D eigenvalue weighted by Crippen LogP contribution is -2.27. The van der Waals surface area contributed by atoms with E-state index in [2.05, 4.69) is 4.72 Å². The van der Waals surface area contributed by atoms with Crippen LogP contribution in [0.5, 0.6) is 0 Å². The molecule has 1 amide bonds. The third-order valence-corrected chi connectivity index (χ3v) is 6.63. The largest absolute Gasteiger partial charge is 0.338 e. The highest BCUT2D eigenvalue weighted by molar-refractivity contribution is 7.98. The number of carbonyl (C=O) groups excluding carboxylic acids is 1. The number of carbonyl (C=O) groups is 1. The van der Waals surface area contributed by atoms with Crippen LogP contribution < -0.4 is 4.72 Å². The zero-order valence-corrected chi connectivity index (χ0v) is 16.3. The number of sulfonamides is 1. The van der Waals surface area contributed by atoms with Crippen molar-refractivity contribution in [1.29, 1.82) is 0 Å². The van der Waals surface area contributed by atoms with Crippen molar-refractivity contribution in [3.63, 3.8) is 0 Å². The summed E-state index contributed by atoms with van der Waals surface area (Å²) in [5.41, 5.74) is 1.86. The van der Waals surface area contributed by atoms with E-state index < -0.39 is 10.0 Å². The molecule has 26 heavy (non-hydrogen) atoms. The topological polar surface area (TPSA) is 66.5 Å². The van der Waals surface area contributed by atoms with Crippen LogP contribution in [-0.2, 0) is 27.9 Å². The molecule has 138 valence electrons. The average Bonchev–Trinajstić information content (AvgIpc) is 3.06. The highest BCUT2D eigenvalue weighted by Crippen LogP contribution is 2.19. The molecule has 1 aliphatic rings. The summed E-state index contributed by atoms with van der Waals surface area (Å²) in [6.07, 6.45) is 3.43. The summed E-state index contributed by atoms with van der Waals surface area (Å²) >= 11 is 1.57. The van der Waals surface area contributed by atoms with Gasteiger partial charge in [0.05, 0.1) is 4.90 Å². The van der Waals surface area contributed by atoms with Crippen molar-refractivity contribution >= 4 is 27.7 Å². The van der Waals surface area contributed by atoms with Gasteiger partial charge in [-0.3, -0.25) is 4.79 Å². The first-order valence-corrected chi connectivity index (χ1v) is 11.2. The normalized spacial score (nSPS) is 14.8. The van der Waals surface area contributed by atoms with Crippen LogP contribution in [0.2, 0.25) is 0 Å². The number of nitrogens with zero attached hydrogens (tertiary/aromatic N) is 1. The van der Waals surface area contributed by atoms with E-state index in [-0.39, 0.29) is 17.3 Å². The van der Waals surface area contributed by atoms with Gasteiger partial charge in [0.1, 0.15) is 0 Å². The maximum absolute atomic E-state index is 12.5. The van der Waals surface area contributed by atoms with Crippen molar-refractivity contribution in [2.24, 2.45) is 0 Å². The van der Waals surface area contributed by atoms with E-state index in [1.54, 1.807) is 36.0 Å². The molecular weight excluding hydrogens is 368 g/mol. The Morgan fingerprint density at radius 3 is 2.38 bits per heavy atom. The molecule has 0 radical (unpaired) electrons. The number of hydrogen-bond acceptors (Lipinski definition) is 4. The fraction of sp³-hybridized carbons (Fsp3) is 0.316. The van der Waals surface area contributed by atoms with Crippen molar-refractivity contribution in [2.45, 2.75) is 35.7 Å². The Morgan fingerprint density at radius 1 is 1.08 bits per heavy atom. The molecule has 0 aromatic heterocycles. The molecule has 0 bridgehead atoms. The van der Waals surface area contributed by atoms with Crippen LogP contribution in [0.1, 0.15) is 24.0 Å². The summed E-state index contributed by atoms with van der Waals surface area (Å²) in [7, 11) is -3.58. The van der Waals surface area contributed by atoms with Crippen LogP contribution in [0.3, 0.4) is 0 Å². The molecule has 0 atom stereocenters. The third-order valence-electron chi connectivity index (χ3n) is 4.47. The second kappa shape index (κ2) is 8.24. The first-order valence-electron chi connectivity index (χ1n) is 8.48. The van der Waals surface area contributed by atoms with Crippen molar-refractivity contribution in [3.8, 4) is 0 Å². The fourth-order valence-corrected chi connectivity index (χ4v) is 4.39. The van der Waals surface area contributed by atoms with Gasteiger partial charge in [-0.05, 0) is 48.1 Å². The molecule has 2 aromatic rings. The first kappa shape index (κ1) is 18.9. The predicted octanol–water partition coefficient (Wildman–Crippen LogP) is 3.01. The van der Waals surface area contributed by atoms with Gasteiger partial charge in [-0.25, -0.2) is 13.1 Å². The van der Waals surface area contributed by atoms with Crippen molar-refractivity contribution < 1.29 is 13.2 Å². The number of rotatable bonds is 7. The summed E-state index contributed by atoms with van der Waals surface area (Å²) in [4.78, 5) is 15.0. The van der Waals surface area contributed by atoms with Gasteiger partial charge >= 0.3 is 0 Å². The molecule has 0 aliphatic carbocycles. The lowest BCUT2D eigenvalue weighted by atomic mass is 10.1. The number of thioether (sulfide) groups is 1. The zero-order valence-electron chi connectivity index (χ0n) is 14.6. The summed E-state index contributed by atoms with van der Waals surface area (Å²) in [5.74, 6) is 0.161. The van der Waals surface area contributed by atoms with Crippen molar-refractivity contribution in [2.75, 3.05) is 12.8 Å². The minimum Gasteiger partial charge on any atom is -0.338 e. The molecule has 1 saturated heterocycles. The van der Waals surface area contributed by atoms with Gasteiger partial charge in [0.2, 0.25) is 15.9 Å². The molecule has 0 unspecified atom stereocenters. The van der Waals surface area contributed by atoms with Gasteiger partial charge in [-0.2, -0.15) is 0 Å². The second-order valence-electron chi connectivity index (χ2n) is 6.19. The minimum atomic E-state index is -3.58. The Bertz CT molecular complexity index is 880. The van der Waals surface area contributed by atoms with E-state index in [1.807, 2.05) is 35.4 Å². The average molecular weight is 391 g/mol. The lowest BCUT2D eigenvalue weighted by Gasteiger charge is -2.18. The zero-order chi connectivity index (χ0) is 18.6. The fourth-order valence-electron chi connectivity index (χ4n) is 2.97. The smallest absolute Gasteiger partial charge is 0.240 e. The molecule has 1 heterocycles. The SMILES string of the molecule is CSc1ccc(S(=O)(=O)NCc2ccccc2CN2CCCC2=O)cc1. The standard InChI is InChI=1S/C19H22N2O3S2/c1-25-17-8-10-18(11-9-17)26(23,24)20-13-15-5-2-3-6-16(15)14-21-12-4-7-19(21)22/h2-3,5-6,8-11,20H,4,7,12-14H2,1H3. The summed E-state index contributed by atoms with van der Waals surface area (Å²) < 4.78 is 27.7. The molecular formula is C19H22N2O3S2. The first-order chi connectivity index (χ1) is 12.5. The highest BCUT2D eigenvalue weighted by atomic mass is 32.2. The third kappa shape index (κ3) is 4.47. The van der Waals surface area contributed by atoms with E-state index >= 15 is 0 Å². The maximum Gasteiger partial charge on any atom is 0.240 e. The van der Waals surface area contributed by atoms with Crippen molar-refractivity contribution in [3.05, 3.63) is 59.7 Å². The molecule has 1 aliphatic heterocycles. The van der Waals surface area contributed by atoms with E-state index in [4.69, 9.17) is 0 Å². The monoisotopic (exact) mass is 390 g/mol. The number of likely N-dealkylation sites (tertiary alicyclic amines) is 1. The van der Waals surface area contributed by atoms with Crippen LogP contribution in [0.15, 0.2) is 58.3 Å². The summed E-state index contributed by atoms with van der Waals surface area (Å²) in [6.45, 7) is 1.49. The van der Waals surface area contributed by atoms with Gasteiger partial charge in [0.15, 0.2) is 0 Å². The molecule has 1 fully saturated rings. The van der Waals surface area contributed by atoms with Gasteiger partial charge in [0.25, 0.3) is 0 Å². The van der Waals surface area contributed by atoms with Crippen LogP contribution in [0.4, 0.5) is 0 Å². The maximum atomic E-state index is 12.5. The number of hydrogen-bond donors (Lipinski definition) is 1. The summed E-state index contributed by atoms with van der Waals surface area (Å²) in [5, 5.41) is 0. The van der Waals surface area contributed by atoms with Gasteiger partial charge < -0.3 is 4.90 Å². The summed E-state index contributed by atoms with van der Waals surface area (Å²) in [6, 6.07) is 14.5. The minimum absolute atomic E-state index is 0.161. The van der Waals surface area contributed by atoms with Crippen LogP contribution in [0.25, 0.3) is 0 Å². The lowest BCUT2D eigenvalue weighted by molar-refractivity contribution is -0.128. The number of amides is 1.